The minimum atomic E-state index is 0.261. The van der Waals surface area contributed by atoms with Crippen molar-refractivity contribution in [3.8, 4) is 17.2 Å². The summed E-state index contributed by atoms with van der Waals surface area (Å²) in [5.74, 6) is 1.47. The van der Waals surface area contributed by atoms with E-state index in [2.05, 4.69) is 23.7 Å². The van der Waals surface area contributed by atoms with Crippen LogP contribution in [0.2, 0.25) is 0 Å². The molecule has 22 heavy (non-hydrogen) atoms. The first-order chi connectivity index (χ1) is 10.6. The Morgan fingerprint density at radius 3 is 2.50 bits per heavy atom. The molecule has 5 nitrogen and oxygen atoms in total. The van der Waals surface area contributed by atoms with Crippen LogP contribution in [0.25, 0.3) is 11.5 Å². The zero-order valence-electron chi connectivity index (χ0n) is 13.3. The molecule has 0 spiro atoms. The highest BCUT2D eigenvalue weighted by atomic mass is 16.5. The summed E-state index contributed by atoms with van der Waals surface area (Å²) in [5.41, 5.74) is 1.91. The normalized spacial score (nSPS) is 22.7. The van der Waals surface area contributed by atoms with Gasteiger partial charge in [0.25, 0.3) is 0 Å². The minimum absolute atomic E-state index is 0.261. The summed E-state index contributed by atoms with van der Waals surface area (Å²) < 4.78 is 16.5. The van der Waals surface area contributed by atoms with Crippen LogP contribution in [0.3, 0.4) is 0 Å². The van der Waals surface area contributed by atoms with Crippen LogP contribution in [-0.4, -0.2) is 42.3 Å². The zero-order chi connectivity index (χ0) is 15.5. The van der Waals surface area contributed by atoms with Gasteiger partial charge in [0.15, 0.2) is 0 Å². The lowest BCUT2D eigenvalue weighted by molar-refractivity contribution is -0.0707. The van der Waals surface area contributed by atoms with E-state index in [1.807, 2.05) is 24.3 Å². The Balaban J connectivity index is 1.68. The molecule has 118 valence electrons. The molecule has 0 amide bonds. The number of methoxy groups -OCH3 is 1. The van der Waals surface area contributed by atoms with Crippen molar-refractivity contribution < 1.29 is 13.9 Å². The number of rotatable bonds is 4. The van der Waals surface area contributed by atoms with Crippen molar-refractivity contribution in [1.82, 2.24) is 9.88 Å². The van der Waals surface area contributed by atoms with Gasteiger partial charge in [0.2, 0.25) is 5.89 Å². The maximum atomic E-state index is 5.75. The highest BCUT2D eigenvalue weighted by molar-refractivity contribution is 5.54. The molecular formula is C17H22N2O3. The summed E-state index contributed by atoms with van der Waals surface area (Å²) in [5, 5.41) is 0. The van der Waals surface area contributed by atoms with Crippen LogP contribution in [0.4, 0.5) is 0 Å². The highest BCUT2D eigenvalue weighted by Crippen LogP contribution is 2.22. The van der Waals surface area contributed by atoms with E-state index in [-0.39, 0.29) is 12.2 Å². The van der Waals surface area contributed by atoms with Crippen LogP contribution in [0.1, 0.15) is 19.5 Å². The van der Waals surface area contributed by atoms with Gasteiger partial charge in [-0.25, -0.2) is 4.98 Å². The van der Waals surface area contributed by atoms with E-state index in [9.17, 15) is 0 Å². The van der Waals surface area contributed by atoms with Crippen LogP contribution in [0, 0.1) is 0 Å². The van der Waals surface area contributed by atoms with Gasteiger partial charge in [-0.15, -0.1) is 0 Å². The quantitative estimate of drug-likeness (QED) is 0.869. The Labute approximate surface area is 130 Å². The van der Waals surface area contributed by atoms with Gasteiger partial charge in [0.05, 0.1) is 25.0 Å². The van der Waals surface area contributed by atoms with Gasteiger partial charge in [-0.1, -0.05) is 0 Å². The van der Waals surface area contributed by atoms with E-state index >= 15 is 0 Å². The fourth-order valence-corrected chi connectivity index (χ4v) is 2.89. The summed E-state index contributed by atoms with van der Waals surface area (Å²) in [6.07, 6.45) is 2.26. The predicted molar refractivity (Wildman–Crippen MR) is 83.8 cm³/mol. The second-order valence-electron chi connectivity index (χ2n) is 5.82. The van der Waals surface area contributed by atoms with Gasteiger partial charge in [-0.3, -0.25) is 4.90 Å². The van der Waals surface area contributed by atoms with Crippen molar-refractivity contribution in [2.45, 2.75) is 32.6 Å². The molecule has 2 aromatic rings. The SMILES string of the molecule is COc1ccc(-c2nc(CN3C[C@H](C)O[C@@H](C)C3)co2)cc1. The van der Waals surface area contributed by atoms with Crippen LogP contribution in [0.5, 0.6) is 5.75 Å². The van der Waals surface area contributed by atoms with E-state index in [1.165, 1.54) is 0 Å². The molecule has 0 saturated carbocycles. The molecular weight excluding hydrogens is 280 g/mol. The molecule has 1 aliphatic heterocycles. The summed E-state index contributed by atoms with van der Waals surface area (Å²) in [6, 6.07) is 7.72. The van der Waals surface area contributed by atoms with Crippen LogP contribution in [0.15, 0.2) is 34.9 Å². The van der Waals surface area contributed by atoms with E-state index in [1.54, 1.807) is 13.4 Å². The molecule has 3 rings (SSSR count). The standard InChI is InChI=1S/C17H22N2O3/c1-12-8-19(9-13(2)22-12)10-15-11-21-17(18-15)14-4-6-16(20-3)7-5-14/h4-7,11-13H,8-10H2,1-3H3/t12-,13-/m0/s1. The van der Waals surface area contributed by atoms with Gasteiger partial charge in [-0.05, 0) is 38.1 Å². The lowest BCUT2D eigenvalue weighted by atomic mass is 10.2. The minimum Gasteiger partial charge on any atom is -0.497 e. The molecule has 0 unspecified atom stereocenters. The van der Waals surface area contributed by atoms with Crippen molar-refractivity contribution in [2.24, 2.45) is 0 Å². The Kier molecular flexibility index (Phi) is 4.45. The zero-order valence-corrected chi connectivity index (χ0v) is 13.3. The Hall–Kier alpha value is -1.85. The fraction of sp³-hybridized carbons (Fsp3) is 0.471. The average Bonchev–Trinajstić information content (AvgIpc) is 2.95. The number of benzene rings is 1. The average molecular weight is 302 g/mol. The predicted octanol–water partition coefficient (Wildman–Crippen LogP) is 2.96. The van der Waals surface area contributed by atoms with Crippen molar-refractivity contribution in [1.29, 1.82) is 0 Å². The van der Waals surface area contributed by atoms with Gasteiger partial charge in [0, 0.05) is 25.2 Å². The van der Waals surface area contributed by atoms with Gasteiger partial charge in [0.1, 0.15) is 12.0 Å². The van der Waals surface area contributed by atoms with Crippen molar-refractivity contribution in [3.63, 3.8) is 0 Å². The van der Waals surface area contributed by atoms with Crippen LogP contribution >= 0.6 is 0 Å². The monoisotopic (exact) mass is 302 g/mol. The molecule has 1 aromatic carbocycles. The van der Waals surface area contributed by atoms with Crippen LogP contribution in [-0.2, 0) is 11.3 Å². The second-order valence-corrected chi connectivity index (χ2v) is 5.82. The van der Waals surface area contributed by atoms with E-state index in [0.29, 0.717) is 5.89 Å². The van der Waals surface area contributed by atoms with E-state index in [0.717, 1.165) is 36.6 Å². The number of ether oxygens (including phenoxy) is 2. The molecule has 0 bridgehead atoms. The first-order valence-electron chi connectivity index (χ1n) is 7.60. The number of nitrogens with zero attached hydrogens (tertiary/aromatic N) is 2. The molecule has 0 radical (unpaired) electrons. The Morgan fingerprint density at radius 2 is 1.86 bits per heavy atom. The number of hydrogen-bond acceptors (Lipinski definition) is 5. The molecule has 1 aromatic heterocycles. The lowest BCUT2D eigenvalue weighted by Gasteiger charge is -2.34. The molecule has 5 heteroatoms. The van der Waals surface area contributed by atoms with E-state index < -0.39 is 0 Å². The van der Waals surface area contributed by atoms with E-state index in [4.69, 9.17) is 13.9 Å². The Bertz CT molecular complexity index is 599. The smallest absolute Gasteiger partial charge is 0.226 e. The molecule has 0 N–H and O–H groups in total. The highest BCUT2D eigenvalue weighted by Gasteiger charge is 2.23. The summed E-state index contributed by atoms with van der Waals surface area (Å²) in [6.45, 7) is 6.85. The third kappa shape index (κ3) is 3.48. The van der Waals surface area contributed by atoms with Crippen LogP contribution < -0.4 is 4.74 Å². The maximum absolute atomic E-state index is 5.75. The van der Waals surface area contributed by atoms with Crippen molar-refractivity contribution in [2.75, 3.05) is 20.2 Å². The third-order valence-corrected chi connectivity index (χ3v) is 3.77. The number of hydrogen-bond donors (Lipinski definition) is 0. The largest absolute Gasteiger partial charge is 0.497 e. The molecule has 0 aliphatic carbocycles. The van der Waals surface area contributed by atoms with Crippen molar-refractivity contribution in [3.05, 3.63) is 36.2 Å². The lowest BCUT2D eigenvalue weighted by Crippen LogP contribution is -2.44. The number of morpholine rings is 1. The number of oxazole rings is 1. The summed E-state index contributed by atoms with van der Waals surface area (Å²) in [4.78, 5) is 6.95. The van der Waals surface area contributed by atoms with Gasteiger partial charge >= 0.3 is 0 Å². The third-order valence-electron chi connectivity index (χ3n) is 3.77. The summed E-state index contributed by atoms with van der Waals surface area (Å²) in [7, 11) is 1.66. The second kappa shape index (κ2) is 6.50. The molecule has 1 fully saturated rings. The molecule has 1 saturated heterocycles. The number of aromatic nitrogens is 1. The van der Waals surface area contributed by atoms with Gasteiger partial charge < -0.3 is 13.9 Å². The van der Waals surface area contributed by atoms with Gasteiger partial charge in [-0.2, -0.15) is 0 Å². The molecule has 2 atom stereocenters. The molecule has 2 heterocycles. The fourth-order valence-electron chi connectivity index (χ4n) is 2.89. The first kappa shape index (κ1) is 15.1. The topological polar surface area (TPSA) is 47.7 Å². The first-order valence-corrected chi connectivity index (χ1v) is 7.60. The Morgan fingerprint density at radius 1 is 1.18 bits per heavy atom. The van der Waals surface area contributed by atoms with Crippen molar-refractivity contribution >= 4 is 0 Å². The molecule has 1 aliphatic rings. The summed E-state index contributed by atoms with van der Waals surface area (Å²) >= 11 is 0. The maximum Gasteiger partial charge on any atom is 0.226 e.